The summed E-state index contributed by atoms with van der Waals surface area (Å²) in [5.74, 6) is 0.386. The molecule has 1 aliphatic rings. The lowest BCUT2D eigenvalue weighted by Gasteiger charge is -2.38. The van der Waals surface area contributed by atoms with Gasteiger partial charge in [-0.1, -0.05) is 12.1 Å². The third kappa shape index (κ3) is 3.19. The van der Waals surface area contributed by atoms with Gasteiger partial charge >= 0.3 is 0 Å². The van der Waals surface area contributed by atoms with Crippen molar-refractivity contribution in [1.82, 2.24) is 5.32 Å². The summed E-state index contributed by atoms with van der Waals surface area (Å²) in [5.41, 5.74) is 2.56. The van der Waals surface area contributed by atoms with Crippen LogP contribution in [0.1, 0.15) is 52.6 Å². The van der Waals surface area contributed by atoms with Gasteiger partial charge in [0.25, 0.3) is 0 Å². The van der Waals surface area contributed by atoms with Crippen molar-refractivity contribution in [3.8, 4) is 0 Å². The highest BCUT2D eigenvalue weighted by Crippen LogP contribution is 2.38. The maximum atomic E-state index is 13.2. The van der Waals surface area contributed by atoms with Gasteiger partial charge in [-0.2, -0.15) is 0 Å². The molecule has 0 aliphatic heterocycles. The molecule has 0 saturated heterocycles. The zero-order chi connectivity index (χ0) is 15.0. The minimum Gasteiger partial charge on any atom is -0.307 e. The van der Waals surface area contributed by atoms with Crippen LogP contribution < -0.4 is 5.32 Å². The first-order valence-electron chi connectivity index (χ1n) is 7.61. The number of halogens is 1. The highest BCUT2D eigenvalue weighted by molar-refractivity contribution is 7.12. The quantitative estimate of drug-likeness (QED) is 0.828. The lowest BCUT2D eigenvalue weighted by molar-refractivity contribution is 0.270. The molecule has 1 N–H and O–H groups in total. The van der Waals surface area contributed by atoms with Crippen LogP contribution in [0.4, 0.5) is 4.39 Å². The Balaban J connectivity index is 1.56. The van der Waals surface area contributed by atoms with E-state index in [9.17, 15) is 4.39 Å². The number of hydrogen-bond donors (Lipinski definition) is 1. The summed E-state index contributed by atoms with van der Waals surface area (Å²) in [5, 5.41) is 3.71. The van der Waals surface area contributed by atoms with Crippen molar-refractivity contribution in [1.29, 1.82) is 0 Å². The maximum Gasteiger partial charge on any atom is 0.123 e. The largest absolute Gasteiger partial charge is 0.307 e. The van der Waals surface area contributed by atoms with Crippen LogP contribution in [0.5, 0.6) is 0 Å². The van der Waals surface area contributed by atoms with Crippen LogP contribution in [-0.4, -0.2) is 6.04 Å². The smallest absolute Gasteiger partial charge is 0.123 e. The molecule has 1 aliphatic carbocycles. The number of hydrogen-bond acceptors (Lipinski definition) is 2. The van der Waals surface area contributed by atoms with Crippen molar-refractivity contribution in [3.05, 3.63) is 57.0 Å². The van der Waals surface area contributed by atoms with Crippen LogP contribution in [0.3, 0.4) is 0 Å². The zero-order valence-electron chi connectivity index (χ0n) is 12.8. The molecular weight excluding hydrogens is 281 g/mol. The van der Waals surface area contributed by atoms with Crippen LogP contribution in [0, 0.1) is 19.7 Å². The Labute approximate surface area is 130 Å². The summed E-state index contributed by atoms with van der Waals surface area (Å²) in [6.45, 7) is 6.60. The van der Waals surface area contributed by atoms with E-state index >= 15 is 0 Å². The molecule has 112 valence electrons. The Kier molecular flexibility index (Phi) is 4.14. The van der Waals surface area contributed by atoms with E-state index in [1.807, 2.05) is 23.5 Å². The van der Waals surface area contributed by atoms with E-state index < -0.39 is 0 Å². The minimum atomic E-state index is -0.123. The van der Waals surface area contributed by atoms with Crippen molar-refractivity contribution in [3.63, 3.8) is 0 Å². The second kappa shape index (κ2) is 5.90. The van der Waals surface area contributed by atoms with Gasteiger partial charge in [0.2, 0.25) is 0 Å². The molecule has 1 aromatic carbocycles. The van der Waals surface area contributed by atoms with Crippen molar-refractivity contribution >= 4 is 11.3 Å². The van der Waals surface area contributed by atoms with Crippen molar-refractivity contribution < 1.29 is 4.39 Å². The molecule has 1 unspecified atom stereocenters. The monoisotopic (exact) mass is 303 g/mol. The molecule has 1 atom stereocenters. The van der Waals surface area contributed by atoms with Gasteiger partial charge in [0, 0.05) is 21.8 Å². The van der Waals surface area contributed by atoms with E-state index in [1.54, 1.807) is 6.07 Å². The Morgan fingerprint density at radius 1 is 1.24 bits per heavy atom. The molecule has 1 nitrogen and oxygen atoms in total. The molecule has 21 heavy (non-hydrogen) atoms. The topological polar surface area (TPSA) is 12.0 Å². The first-order chi connectivity index (χ1) is 10.0. The first-order valence-corrected chi connectivity index (χ1v) is 8.43. The van der Waals surface area contributed by atoms with Crippen LogP contribution >= 0.6 is 11.3 Å². The molecule has 0 radical (unpaired) electrons. The van der Waals surface area contributed by atoms with Crippen LogP contribution in [-0.2, 0) is 0 Å². The maximum absolute atomic E-state index is 13.2. The van der Waals surface area contributed by atoms with E-state index in [2.05, 4.69) is 32.2 Å². The fourth-order valence-corrected chi connectivity index (χ4v) is 4.33. The summed E-state index contributed by atoms with van der Waals surface area (Å²) in [7, 11) is 0. The van der Waals surface area contributed by atoms with E-state index in [4.69, 9.17) is 0 Å². The summed E-state index contributed by atoms with van der Waals surface area (Å²) in [4.78, 5) is 2.79. The molecule has 0 spiro atoms. The highest BCUT2D eigenvalue weighted by Gasteiger charge is 2.31. The van der Waals surface area contributed by atoms with Gasteiger partial charge in [-0.25, -0.2) is 4.39 Å². The average molecular weight is 303 g/mol. The van der Waals surface area contributed by atoms with Gasteiger partial charge in [-0.05, 0) is 68.9 Å². The summed E-state index contributed by atoms with van der Waals surface area (Å²) < 4.78 is 13.2. The summed E-state index contributed by atoms with van der Waals surface area (Å²) in [6, 6.07) is 10.3. The van der Waals surface area contributed by atoms with Crippen molar-refractivity contribution in [2.75, 3.05) is 0 Å². The zero-order valence-corrected chi connectivity index (χ0v) is 13.6. The van der Waals surface area contributed by atoms with Crippen molar-refractivity contribution in [2.45, 2.75) is 51.6 Å². The van der Waals surface area contributed by atoms with Crippen LogP contribution in [0.25, 0.3) is 0 Å². The van der Waals surface area contributed by atoms with Gasteiger partial charge in [0.05, 0.1) is 0 Å². The Hall–Kier alpha value is -1.19. The van der Waals surface area contributed by atoms with Gasteiger partial charge in [0.1, 0.15) is 5.82 Å². The van der Waals surface area contributed by atoms with Gasteiger partial charge in [0.15, 0.2) is 0 Å². The van der Waals surface area contributed by atoms with E-state index in [0.717, 1.165) is 18.4 Å². The molecule has 1 fully saturated rings. The molecule has 2 aromatic rings. The predicted molar refractivity (Wildman–Crippen MR) is 87.5 cm³/mol. The van der Waals surface area contributed by atoms with Crippen LogP contribution in [0.2, 0.25) is 0 Å². The molecule has 3 rings (SSSR count). The molecule has 0 bridgehead atoms. The number of benzene rings is 1. The second-order valence-electron chi connectivity index (χ2n) is 6.18. The molecule has 0 amide bonds. The first kappa shape index (κ1) is 14.7. The molecule has 1 heterocycles. The molecule has 3 heteroatoms. The molecule has 1 saturated carbocycles. The Bertz CT molecular complexity index is 628. The average Bonchev–Trinajstić information content (AvgIpc) is 2.72. The standard InChI is InChI=1S/C18H22FNS/c1-11-7-18(13(3)21-11)12(2)20-17-9-15(10-17)14-5-4-6-16(19)8-14/h4-8,12,15,17,20H,9-10H2,1-3H3. The Morgan fingerprint density at radius 2 is 2.00 bits per heavy atom. The van der Waals surface area contributed by atoms with Gasteiger partial charge in [-0.3, -0.25) is 0 Å². The normalized spacial score (nSPS) is 22.9. The third-order valence-electron chi connectivity index (χ3n) is 4.49. The predicted octanol–water partition coefficient (Wildman–Crippen LogP) is 5.10. The Morgan fingerprint density at radius 3 is 2.62 bits per heavy atom. The SMILES string of the molecule is Cc1cc(C(C)NC2CC(c3cccc(F)c3)C2)c(C)s1. The third-order valence-corrected chi connectivity index (χ3v) is 5.47. The van der Waals surface area contributed by atoms with E-state index in [-0.39, 0.29) is 5.82 Å². The number of aryl methyl sites for hydroxylation is 2. The minimum absolute atomic E-state index is 0.123. The lowest BCUT2D eigenvalue weighted by Crippen LogP contribution is -2.41. The fourth-order valence-electron chi connectivity index (χ4n) is 3.31. The lowest BCUT2D eigenvalue weighted by atomic mass is 9.75. The number of nitrogens with one attached hydrogen (secondary N) is 1. The summed E-state index contributed by atoms with van der Waals surface area (Å²) >= 11 is 1.87. The number of rotatable bonds is 4. The van der Waals surface area contributed by atoms with Gasteiger partial charge < -0.3 is 5.32 Å². The molecule has 1 aromatic heterocycles. The molecular formula is C18H22FNS. The summed E-state index contributed by atoms with van der Waals surface area (Å²) in [6.07, 6.45) is 2.21. The van der Waals surface area contributed by atoms with Gasteiger partial charge in [-0.15, -0.1) is 11.3 Å². The van der Waals surface area contributed by atoms with Crippen LogP contribution in [0.15, 0.2) is 30.3 Å². The van der Waals surface area contributed by atoms with E-state index in [0.29, 0.717) is 18.0 Å². The second-order valence-corrected chi connectivity index (χ2v) is 7.64. The number of thiophene rings is 1. The fraction of sp³-hybridized carbons (Fsp3) is 0.444. The van der Waals surface area contributed by atoms with Crippen molar-refractivity contribution in [2.24, 2.45) is 0 Å². The highest BCUT2D eigenvalue weighted by atomic mass is 32.1. The van der Waals surface area contributed by atoms with E-state index in [1.165, 1.54) is 21.4 Å².